The van der Waals surface area contributed by atoms with E-state index in [1.165, 1.54) is 4.40 Å². The molecule has 140 valence electrons. The molecule has 0 saturated heterocycles. The minimum atomic E-state index is -0.282. The van der Waals surface area contributed by atoms with Crippen LogP contribution in [0.4, 0.5) is 5.82 Å². The number of hydrogen-bond donors (Lipinski definition) is 3. The molecule has 3 N–H and O–H groups in total. The molecule has 0 bridgehead atoms. The van der Waals surface area contributed by atoms with Gasteiger partial charge in [0.25, 0.3) is 0 Å². The number of hydrogen-bond acceptors (Lipinski definition) is 5. The van der Waals surface area contributed by atoms with E-state index in [1.54, 1.807) is 6.20 Å². The lowest BCUT2D eigenvalue weighted by atomic mass is 9.93. The molecule has 0 fully saturated rings. The second-order valence-corrected chi connectivity index (χ2v) is 7.91. The van der Waals surface area contributed by atoms with E-state index in [-0.39, 0.29) is 11.1 Å². The lowest BCUT2D eigenvalue weighted by molar-refractivity contribution is 0.565. The Morgan fingerprint density at radius 3 is 2.85 bits per heavy atom. The Morgan fingerprint density at radius 1 is 1.26 bits per heavy atom. The maximum absolute atomic E-state index is 12.0. The van der Waals surface area contributed by atoms with Gasteiger partial charge >= 0.3 is 5.69 Å². The van der Waals surface area contributed by atoms with Crippen molar-refractivity contribution in [2.24, 2.45) is 0 Å². The number of H-pyrrole nitrogens is 2. The van der Waals surface area contributed by atoms with Crippen LogP contribution >= 0.6 is 11.6 Å². The first-order chi connectivity index (χ1) is 12.8. The van der Waals surface area contributed by atoms with Gasteiger partial charge in [-0.15, -0.1) is 5.10 Å². The summed E-state index contributed by atoms with van der Waals surface area (Å²) < 4.78 is 1.49. The van der Waals surface area contributed by atoms with Crippen molar-refractivity contribution in [2.45, 2.75) is 32.6 Å². The van der Waals surface area contributed by atoms with Crippen LogP contribution in [0, 0.1) is 0 Å². The number of imidazole rings is 1. The fourth-order valence-electron chi connectivity index (χ4n) is 2.84. The minimum absolute atomic E-state index is 0.195. The fraction of sp³-hybridized carbons (Fsp3) is 0.333. The standard InChI is InChI=1S/C18H20ClN7O/c1-18(2,3)13-9-26-16(24-25-17(26)27)15(23-13)20-7-6-14-21-11-5-4-10(19)8-12(11)22-14/h4-5,8-9H,6-7H2,1-3H3,(H,20,23)(H,21,22)(H,25,27). The maximum atomic E-state index is 12.0. The normalized spacial score (nSPS) is 12.1. The number of nitrogens with zero attached hydrogens (tertiary/aromatic N) is 4. The van der Waals surface area contributed by atoms with Crippen molar-refractivity contribution >= 4 is 34.1 Å². The number of halogens is 1. The number of rotatable bonds is 4. The van der Waals surface area contributed by atoms with E-state index in [2.05, 4.69) is 51.2 Å². The van der Waals surface area contributed by atoms with E-state index in [9.17, 15) is 4.79 Å². The molecule has 0 atom stereocenters. The molecule has 0 aliphatic heterocycles. The summed E-state index contributed by atoms with van der Waals surface area (Å²) in [7, 11) is 0. The molecule has 27 heavy (non-hydrogen) atoms. The fourth-order valence-corrected chi connectivity index (χ4v) is 3.01. The van der Waals surface area contributed by atoms with E-state index in [1.807, 2.05) is 18.2 Å². The van der Waals surface area contributed by atoms with Crippen molar-refractivity contribution in [3.8, 4) is 0 Å². The molecule has 3 aromatic heterocycles. The SMILES string of the molecule is CC(C)(C)c1cn2c(=O)[nH]nc2c(NCCc2nc3cc(Cl)ccc3[nH]2)n1. The van der Waals surface area contributed by atoms with Crippen LogP contribution in [0.5, 0.6) is 0 Å². The van der Waals surface area contributed by atoms with Gasteiger partial charge in [0, 0.05) is 29.6 Å². The second-order valence-electron chi connectivity index (χ2n) is 7.47. The summed E-state index contributed by atoms with van der Waals surface area (Å²) in [5.41, 5.74) is 2.59. The highest BCUT2D eigenvalue weighted by Crippen LogP contribution is 2.23. The molecule has 0 aliphatic rings. The highest BCUT2D eigenvalue weighted by atomic mass is 35.5. The zero-order valence-electron chi connectivity index (χ0n) is 15.3. The van der Waals surface area contributed by atoms with Gasteiger partial charge in [0.05, 0.1) is 16.7 Å². The third kappa shape index (κ3) is 3.40. The Morgan fingerprint density at radius 2 is 2.07 bits per heavy atom. The molecule has 0 saturated carbocycles. The highest BCUT2D eigenvalue weighted by Gasteiger charge is 2.20. The van der Waals surface area contributed by atoms with E-state index in [0.717, 1.165) is 22.6 Å². The van der Waals surface area contributed by atoms with Crippen LogP contribution in [0.2, 0.25) is 5.02 Å². The first kappa shape index (κ1) is 17.5. The van der Waals surface area contributed by atoms with Gasteiger partial charge in [-0.1, -0.05) is 32.4 Å². The molecule has 3 heterocycles. The van der Waals surface area contributed by atoms with Gasteiger partial charge in [0.15, 0.2) is 5.82 Å². The van der Waals surface area contributed by atoms with Crippen molar-refractivity contribution in [3.63, 3.8) is 0 Å². The molecular weight excluding hydrogens is 366 g/mol. The summed E-state index contributed by atoms with van der Waals surface area (Å²) in [6.07, 6.45) is 2.39. The summed E-state index contributed by atoms with van der Waals surface area (Å²) in [6, 6.07) is 5.58. The number of aromatic nitrogens is 6. The zero-order valence-corrected chi connectivity index (χ0v) is 16.1. The molecule has 8 nitrogen and oxygen atoms in total. The van der Waals surface area contributed by atoms with E-state index >= 15 is 0 Å². The summed E-state index contributed by atoms with van der Waals surface area (Å²) in [4.78, 5) is 24.5. The van der Waals surface area contributed by atoms with Crippen LogP contribution in [0.1, 0.15) is 32.3 Å². The van der Waals surface area contributed by atoms with Gasteiger partial charge in [-0.05, 0) is 18.2 Å². The van der Waals surface area contributed by atoms with Crippen LogP contribution in [-0.4, -0.2) is 36.1 Å². The number of nitrogens with one attached hydrogen (secondary N) is 3. The van der Waals surface area contributed by atoms with Crippen LogP contribution < -0.4 is 11.0 Å². The van der Waals surface area contributed by atoms with Gasteiger partial charge in [0.2, 0.25) is 5.65 Å². The third-order valence-corrected chi connectivity index (χ3v) is 4.55. The molecule has 9 heteroatoms. The first-order valence-corrected chi connectivity index (χ1v) is 9.05. The molecule has 0 unspecified atom stereocenters. The molecular formula is C18H20ClN7O. The lowest BCUT2D eigenvalue weighted by Gasteiger charge is -2.19. The largest absolute Gasteiger partial charge is 0.366 e. The van der Waals surface area contributed by atoms with E-state index in [0.29, 0.717) is 29.5 Å². The highest BCUT2D eigenvalue weighted by molar-refractivity contribution is 6.31. The molecule has 4 rings (SSSR count). The minimum Gasteiger partial charge on any atom is -0.366 e. The Hall–Kier alpha value is -2.87. The quantitative estimate of drug-likeness (QED) is 0.501. The first-order valence-electron chi connectivity index (χ1n) is 8.67. The average Bonchev–Trinajstić information content (AvgIpc) is 3.17. The summed E-state index contributed by atoms with van der Waals surface area (Å²) >= 11 is 6.01. The predicted molar refractivity (Wildman–Crippen MR) is 106 cm³/mol. The van der Waals surface area contributed by atoms with Crippen LogP contribution in [-0.2, 0) is 11.8 Å². The molecule has 1 aromatic carbocycles. The molecule has 0 spiro atoms. The number of aromatic amines is 2. The average molecular weight is 386 g/mol. The Bertz CT molecular complexity index is 1180. The Labute approximate surface area is 160 Å². The Kier molecular flexibility index (Phi) is 4.15. The second kappa shape index (κ2) is 6.38. The van der Waals surface area contributed by atoms with Gasteiger partial charge in [-0.25, -0.2) is 24.3 Å². The molecule has 0 amide bonds. The van der Waals surface area contributed by atoms with Gasteiger partial charge in [-0.2, -0.15) is 0 Å². The van der Waals surface area contributed by atoms with Crippen LogP contribution in [0.25, 0.3) is 16.7 Å². The number of benzene rings is 1. The van der Waals surface area contributed by atoms with Gasteiger partial charge in [0.1, 0.15) is 5.82 Å². The van der Waals surface area contributed by atoms with Gasteiger partial charge < -0.3 is 10.3 Å². The number of anilines is 1. The van der Waals surface area contributed by atoms with Crippen molar-refractivity contribution in [1.82, 2.24) is 29.5 Å². The summed E-state index contributed by atoms with van der Waals surface area (Å²) in [5, 5.41) is 10.5. The van der Waals surface area contributed by atoms with Gasteiger partial charge in [-0.3, -0.25) is 0 Å². The van der Waals surface area contributed by atoms with Crippen LogP contribution in [0.15, 0.2) is 29.2 Å². The van der Waals surface area contributed by atoms with Crippen LogP contribution in [0.3, 0.4) is 0 Å². The lowest BCUT2D eigenvalue weighted by Crippen LogP contribution is -2.20. The van der Waals surface area contributed by atoms with E-state index in [4.69, 9.17) is 11.6 Å². The summed E-state index contributed by atoms with van der Waals surface area (Å²) in [6.45, 7) is 6.74. The van der Waals surface area contributed by atoms with Crippen molar-refractivity contribution in [1.29, 1.82) is 0 Å². The smallest absolute Gasteiger partial charge is 0.347 e. The molecule has 0 aliphatic carbocycles. The topological polar surface area (TPSA) is 104 Å². The van der Waals surface area contributed by atoms with Crippen molar-refractivity contribution in [2.75, 3.05) is 11.9 Å². The molecule has 4 aromatic rings. The maximum Gasteiger partial charge on any atom is 0.347 e. The van der Waals surface area contributed by atoms with E-state index < -0.39 is 0 Å². The third-order valence-electron chi connectivity index (χ3n) is 4.32. The molecule has 0 radical (unpaired) electrons. The zero-order chi connectivity index (χ0) is 19.2. The predicted octanol–water partition coefficient (Wildman–Crippen LogP) is 2.90. The monoisotopic (exact) mass is 385 g/mol. The van der Waals surface area contributed by atoms with Crippen molar-refractivity contribution in [3.05, 3.63) is 51.4 Å². The number of fused-ring (bicyclic) bond motifs is 2. The Balaban J connectivity index is 1.58. The van der Waals surface area contributed by atoms with Crippen molar-refractivity contribution < 1.29 is 0 Å². The summed E-state index contributed by atoms with van der Waals surface area (Å²) in [5.74, 6) is 1.42.